The summed E-state index contributed by atoms with van der Waals surface area (Å²) in [7, 11) is 3.60. The zero-order valence-corrected chi connectivity index (χ0v) is 13.0. The molecule has 2 rings (SSSR count). The lowest BCUT2D eigenvalue weighted by Crippen LogP contribution is -2.19. The molecule has 0 aliphatic rings. The molecule has 2 aromatic rings. The van der Waals surface area contributed by atoms with Crippen molar-refractivity contribution >= 4 is 0 Å². The van der Waals surface area contributed by atoms with Crippen molar-refractivity contribution in [2.45, 2.75) is 26.3 Å². The number of methoxy groups -OCH3 is 1. The minimum atomic E-state index is -0.188. The van der Waals surface area contributed by atoms with Crippen LogP contribution in [0.3, 0.4) is 0 Å². The lowest BCUT2D eigenvalue weighted by molar-refractivity contribution is 0.410. The summed E-state index contributed by atoms with van der Waals surface area (Å²) in [5.41, 5.74) is 4.38. The van der Waals surface area contributed by atoms with Crippen molar-refractivity contribution in [3.8, 4) is 5.75 Å². The van der Waals surface area contributed by atoms with Gasteiger partial charge in [-0.2, -0.15) is 0 Å². The maximum Gasteiger partial charge on any atom is 0.123 e. The summed E-state index contributed by atoms with van der Waals surface area (Å²) >= 11 is 0. The monoisotopic (exact) mass is 287 g/mol. The highest BCUT2D eigenvalue weighted by Gasteiger charge is 2.13. The molecule has 1 unspecified atom stereocenters. The molecule has 0 bridgehead atoms. The van der Waals surface area contributed by atoms with Gasteiger partial charge in [-0.3, -0.25) is 0 Å². The van der Waals surface area contributed by atoms with Crippen LogP contribution in [-0.2, 0) is 6.42 Å². The number of likely N-dealkylation sites (N-methyl/N-ethyl adjacent to an activating group) is 1. The van der Waals surface area contributed by atoms with Gasteiger partial charge in [0.2, 0.25) is 0 Å². The Bertz CT molecular complexity index is 625. The smallest absolute Gasteiger partial charge is 0.123 e. The maximum absolute atomic E-state index is 13.4. The first-order chi connectivity index (χ1) is 10.0. The van der Waals surface area contributed by atoms with Crippen molar-refractivity contribution in [3.63, 3.8) is 0 Å². The van der Waals surface area contributed by atoms with Crippen LogP contribution >= 0.6 is 0 Å². The second kappa shape index (κ2) is 6.72. The molecule has 0 spiro atoms. The Morgan fingerprint density at radius 3 is 2.48 bits per heavy atom. The molecule has 2 aromatic carbocycles. The van der Waals surface area contributed by atoms with E-state index in [1.807, 2.05) is 33.0 Å². The van der Waals surface area contributed by atoms with Crippen LogP contribution in [0.1, 0.15) is 28.3 Å². The first-order valence-corrected chi connectivity index (χ1v) is 7.12. The van der Waals surface area contributed by atoms with E-state index in [1.54, 1.807) is 13.2 Å². The number of nitrogens with one attached hydrogen (secondary N) is 1. The molecule has 0 saturated heterocycles. The van der Waals surface area contributed by atoms with Gasteiger partial charge in [0.1, 0.15) is 11.6 Å². The van der Waals surface area contributed by atoms with E-state index in [0.717, 1.165) is 34.4 Å². The van der Waals surface area contributed by atoms with Crippen LogP contribution in [0, 0.1) is 19.7 Å². The molecule has 0 aromatic heterocycles. The number of hydrogen-bond acceptors (Lipinski definition) is 2. The summed E-state index contributed by atoms with van der Waals surface area (Å²) in [5, 5.41) is 3.31. The molecule has 0 heterocycles. The number of benzene rings is 2. The van der Waals surface area contributed by atoms with Crippen molar-refractivity contribution in [1.29, 1.82) is 0 Å². The normalized spacial score (nSPS) is 12.2. The Kier molecular flexibility index (Phi) is 4.97. The number of rotatable bonds is 5. The number of ether oxygens (including phenoxy) is 1. The highest BCUT2D eigenvalue weighted by atomic mass is 19.1. The standard InChI is InChI=1S/C18H22FNO/c1-12-6-8-16(19)9-15(12)10-17(20-3)14-7-5-13(2)18(11-14)21-4/h5-9,11,17,20H,10H2,1-4H3. The second-order valence-electron chi connectivity index (χ2n) is 5.35. The molecule has 2 nitrogen and oxygen atoms in total. The molecule has 0 aliphatic heterocycles. The van der Waals surface area contributed by atoms with Gasteiger partial charge in [-0.15, -0.1) is 0 Å². The van der Waals surface area contributed by atoms with Gasteiger partial charge in [-0.25, -0.2) is 4.39 Å². The molecular weight excluding hydrogens is 265 g/mol. The van der Waals surface area contributed by atoms with Crippen molar-refractivity contribution in [2.75, 3.05) is 14.2 Å². The average molecular weight is 287 g/mol. The number of aryl methyl sites for hydroxylation is 2. The van der Waals surface area contributed by atoms with Gasteiger partial charge in [0.05, 0.1) is 7.11 Å². The molecule has 0 saturated carbocycles. The third kappa shape index (κ3) is 3.61. The lowest BCUT2D eigenvalue weighted by Gasteiger charge is -2.19. The van der Waals surface area contributed by atoms with Crippen LogP contribution < -0.4 is 10.1 Å². The van der Waals surface area contributed by atoms with Crippen LogP contribution in [0.2, 0.25) is 0 Å². The molecule has 0 aliphatic carbocycles. The Morgan fingerprint density at radius 1 is 1.10 bits per heavy atom. The molecule has 1 atom stereocenters. The van der Waals surface area contributed by atoms with Crippen molar-refractivity contribution in [1.82, 2.24) is 5.32 Å². The molecule has 3 heteroatoms. The van der Waals surface area contributed by atoms with Gasteiger partial charge >= 0.3 is 0 Å². The minimum absolute atomic E-state index is 0.125. The van der Waals surface area contributed by atoms with Crippen LogP contribution in [0.5, 0.6) is 5.75 Å². The Hall–Kier alpha value is -1.87. The van der Waals surface area contributed by atoms with E-state index in [1.165, 1.54) is 6.07 Å². The fourth-order valence-electron chi connectivity index (χ4n) is 2.52. The molecule has 0 amide bonds. The first-order valence-electron chi connectivity index (χ1n) is 7.12. The topological polar surface area (TPSA) is 21.3 Å². The molecular formula is C18H22FNO. The maximum atomic E-state index is 13.4. The van der Waals surface area contributed by atoms with E-state index < -0.39 is 0 Å². The second-order valence-corrected chi connectivity index (χ2v) is 5.35. The zero-order chi connectivity index (χ0) is 15.4. The SMILES string of the molecule is CNC(Cc1cc(F)ccc1C)c1ccc(C)c(OC)c1. The highest BCUT2D eigenvalue weighted by molar-refractivity contribution is 5.39. The molecule has 21 heavy (non-hydrogen) atoms. The van der Waals surface area contributed by atoms with Crippen LogP contribution in [0.4, 0.5) is 4.39 Å². The van der Waals surface area contributed by atoms with Crippen LogP contribution in [0.15, 0.2) is 36.4 Å². The molecule has 112 valence electrons. The van der Waals surface area contributed by atoms with Crippen molar-refractivity contribution in [2.24, 2.45) is 0 Å². The summed E-state index contributed by atoms with van der Waals surface area (Å²) in [4.78, 5) is 0. The van der Waals surface area contributed by atoms with E-state index in [0.29, 0.717) is 0 Å². The summed E-state index contributed by atoms with van der Waals surface area (Å²) in [6, 6.07) is 11.3. The predicted molar refractivity (Wildman–Crippen MR) is 84.4 cm³/mol. The van der Waals surface area contributed by atoms with E-state index in [4.69, 9.17) is 4.74 Å². The lowest BCUT2D eigenvalue weighted by atomic mass is 9.95. The fourth-order valence-corrected chi connectivity index (χ4v) is 2.52. The Morgan fingerprint density at radius 2 is 1.81 bits per heavy atom. The third-order valence-electron chi connectivity index (χ3n) is 3.92. The molecule has 0 radical (unpaired) electrons. The average Bonchev–Trinajstić information content (AvgIpc) is 2.49. The molecule has 0 fully saturated rings. The quantitative estimate of drug-likeness (QED) is 0.899. The first kappa shape index (κ1) is 15.5. The Balaban J connectivity index is 2.29. The van der Waals surface area contributed by atoms with Crippen molar-refractivity contribution in [3.05, 3.63) is 64.5 Å². The van der Waals surface area contributed by atoms with E-state index in [-0.39, 0.29) is 11.9 Å². The fraction of sp³-hybridized carbons (Fsp3) is 0.333. The van der Waals surface area contributed by atoms with E-state index in [2.05, 4.69) is 17.4 Å². The largest absolute Gasteiger partial charge is 0.496 e. The number of hydrogen-bond donors (Lipinski definition) is 1. The summed E-state index contributed by atoms with van der Waals surface area (Å²) < 4.78 is 18.8. The highest BCUT2D eigenvalue weighted by Crippen LogP contribution is 2.26. The van der Waals surface area contributed by atoms with Crippen LogP contribution in [-0.4, -0.2) is 14.2 Å². The summed E-state index contributed by atoms with van der Waals surface area (Å²) in [5.74, 6) is 0.690. The van der Waals surface area contributed by atoms with Crippen LogP contribution in [0.25, 0.3) is 0 Å². The van der Waals surface area contributed by atoms with Gasteiger partial charge in [-0.05, 0) is 67.8 Å². The van der Waals surface area contributed by atoms with E-state index >= 15 is 0 Å². The molecule has 1 N–H and O–H groups in total. The number of halogens is 1. The minimum Gasteiger partial charge on any atom is -0.496 e. The van der Waals surface area contributed by atoms with Gasteiger partial charge in [0, 0.05) is 6.04 Å². The van der Waals surface area contributed by atoms with Gasteiger partial charge in [0.25, 0.3) is 0 Å². The van der Waals surface area contributed by atoms with Gasteiger partial charge in [-0.1, -0.05) is 18.2 Å². The van der Waals surface area contributed by atoms with Crippen molar-refractivity contribution < 1.29 is 9.13 Å². The summed E-state index contributed by atoms with van der Waals surface area (Å²) in [6.45, 7) is 4.03. The van der Waals surface area contributed by atoms with E-state index in [9.17, 15) is 4.39 Å². The third-order valence-corrected chi connectivity index (χ3v) is 3.92. The zero-order valence-electron chi connectivity index (χ0n) is 13.0. The van der Waals surface area contributed by atoms with Gasteiger partial charge in [0.15, 0.2) is 0 Å². The Labute approximate surface area is 126 Å². The summed E-state index contributed by atoms with van der Waals surface area (Å²) in [6.07, 6.45) is 0.742. The predicted octanol–water partition coefficient (Wildman–Crippen LogP) is 3.95. The van der Waals surface area contributed by atoms with Gasteiger partial charge < -0.3 is 10.1 Å².